The fourth-order valence-electron chi connectivity index (χ4n) is 2.75. The molecule has 1 aliphatic rings. The maximum absolute atomic E-state index is 6.13. The molecule has 1 saturated carbocycles. The van der Waals surface area contributed by atoms with Crippen LogP contribution in [-0.2, 0) is 4.74 Å². The summed E-state index contributed by atoms with van der Waals surface area (Å²) in [7, 11) is 0. The lowest BCUT2D eigenvalue weighted by molar-refractivity contribution is -0.0774. The van der Waals surface area contributed by atoms with Crippen LogP contribution in [0.1, 0.15) is 59.8 Å². The van der Waals surface area contributed by atoms with Crippen LogP contribution in [0.2, 0.25) is 0 Å². The van der Waals surface area contributed by atoms with Gasteiger partial charge in [0.1, 0.15) is 0 Å². The largest absolute Gasteiger partial charge is 0.374 e. The molecule has 2 N–H and O–H groups in total. The molecule has 2 heteroatoms. The molecule has 0 aliphatic heterocycles. The minimum Gasteiger partial charge on any atom is -0.374 e. The van der Waals surface area contributed by atoms with E-state index in [0.717, 1.165) is 43.6 Å². The fraction of sp³-hybridized carbons (Fsp3) is 1.00. The SMILES string of the molecule is CC(C)CCOC1(CN)CCC(C(C)C)CC1. The lowest BCUT2D eigenvalue weighted by atomic mass is 9.74. The third kappa shape index (κ3) is 4.59. The van der Waals surface area contributed by atoms with Crippen LogP contribution in [0.3, 0.4) is 0 Å². The average molecular weight is 241 g/mol. The van der Waals surface area contributed by atoms with Crippen molar-refractivity contribution in [2.24, 2.45) is 23.5 Å². The summed E-state index contributed by atoms with van der Waals surface area (Å²) in [5.74, 6) is 2.40. The van der Waals surface area contributed by atoms with Crippen LogP contribution >= 0.6 is 0 Å². The van der Waals surface area contributed by atoms with Gasteiger partial charge in [-0.2, -0.15) is 0 Å². The summed E-state index contributed by atoms with van der Waals surface area (Å²) in [5.41, 5.74) is 5.95. The molecule has 1 rings (SSSR count). The van der Waals surface area contributed by atoms with E-state index in [2.05, 4.69) is 27.7 Å². The number of hydrogen-bond acceptors (Lipinski definition) is 2. The molecule has 0 aromatic carbocycles. The molecule has 1 fully saturated rings. The Kier molecular flexibility index (Phi) is 5.94. The van der Waals surface area contributed by atoms with Crippen molar-refractivity contribution in [2.45, 2.75) is 65.4 Å². The van der Waals surface area contributed by atoms with E-state index in [4.69, 9.17) is 10.5 Å². The second kappa shape index (κ2) is 6.75. The molecule has 0 bridgehead atoms. The molecule has 0 saturated heterocycles. The first kappa shape index (κ1) is 15.0. The molecule has 17 heavy (non-hydrogen) atoms. The summed E-state index contributed by atoms with van der Waals surface area (Å²) < 4.78 is 6.13. The molecule has 1 aliphatic carbocycles. The van der Waals surface area contributed by atoms with Crippen LogP contribution in [0, 0.1) is 17.8 Å². The fourth-order valence-corrected chi connectivity index (χ4v) is 2.75. The minimum absolute atomic E-state index is 0.000278. The quantitative estimate of drug-likeness (QED) is 0.771. The molecule has 0 heterocycles. The Bertz CT molecular complexity index is 199. The van der Waals surface area contributed by atoms with Gasteiger partial charge in [0.25, 0.3) is 0 Å². The molecule has 0 amide bonds. The first-order valence-electron chi connectivity index (χ1n) is 7.33. The van der Waals surface area contributed by atoms with Gasteiger partial charge in [0.15, 0.2) is 0 Å². The molecule has 102 valence electrons. The zero-order valence-electron chi connectivity index (χ0n) is 12.2. The van der Waals surface area contributed by atoms with Crippen molar-refractivity contribution in [3.8, 4) is 0 Å². The number of rotatable bonds is 6. The Morgan fingerprint density at radius 3 is 2.18 bits per heavy atom. The van der Waals surface area contributed by atoms with E-state index in [1.165, 1.54) is 12.8 Å². The van der Waals surface area contributed by atoms with Crippen molar-refractivity contribution in [2.75, 3.05) is 13.2 Å². The van der Waals surface area contributed by atoms with Gasteiger partial charge in [0.05, 0.1) is 5.60 Å². The monoisotopic (exact) mass is 241 g/mol. The second-order valence-corrected chi connectivity index (χ2v) is 6.50. The number of ether oxygens (including phenoxy) is 1. The predicted molar refractivity (Wildman–Crippen MR) is 74.0 cm³/mol. The highest BCUT2D eigenvalue weighted by molar-refractivity contribution is 4.89. The molecular weight excluding hydrogens is 210 g/mol. The highest BCUT2D eigenvalue weighted by Crippen LogP contribution is 2.37. The summed E-state index contributed by atoms with van der Waals surface area (Å²) in [6.07, 6.45) is 6.04. The van der Waals surface area contributed by atoms with Crippen LogP contribution in [-0.4, -0.2) is 18.8 Å². The van der Waals surface area contributed by atoms with Crippen molar-refractivity contribution in [3.63, 3.8) is 0 Å². The minimum atomic E-state index is 0.000278. The van der Waals surface area contributed by atoms with E-state index < -0.39 is 0 Å². The summed E-state index contributed by atoms with van der Waals surface area (Å²) in [4.78, 5) is 0. The van der Waals surface area contributed by atoms with Crippen LogP contribution in [0.5, 0.6) is 0 Å². The van der Waals surface area contributed by atoms with Gasteiger partial charge in [-0.1, -0.05) is 27.7 Å². The molecule has 0 unspecified atom stereocenters. The molecule has 0 aromatic heterocycles. The van der Waals surface area contributed by atoms with Crippen LogP contribution in [0.15, 0.2) is 0 Å². The van der Waals surface area contributed by atoms with Crippen molar-refractivity contribution in [1.82, 2.24) is 0 Å². The maximum atomic E-state index is 6.13. The van der Waals surface area contributed by atoms with Crippen molar-refractivity contribution in [3.05, 3.63) is 0 Å². The molecule has 0 aromatic rings. The normalized spacial score (nSPS) is 30.2. The standard InChI is InChI=1S/C15H31NO/c1-12(2)7-10-17-15(11-16)8-5-14(6-9-15)13(3)4/h12-14H,5-11,16H2,1-4H3. The van der Waals surface area contributed by atoms with Crippen molar-refractivity contribution >= 4 is 0 Å². The highest BCUT2D eigenvalue weighted by Gasteiger charge is 2.35. The van der Waals surface area contributed by atoms with Gasteiger partial charge in [-0.25, -0.2) is 0 Å². The smallest absolute Gasteiger partial charge is 0.0804 e. The molecule has 0 atom stereocenters. The van der Waals surface area contributed by atoms with E-state index in [0.29, 0.717) is 6.54 Å². The van der Waals surface area contributed by atoms with Crippen LogP contribution in [0.25, 0.3) is 0 Å². The zero-order valence-corrected chi connectivity index (χ0v) is 12.2. The third-order valence-electron chi connectivity index (χ3n) is 4.36. The third-order valence-corrected chi connectivity index (χ3v) is 4.36. The van der Waals surface area contributed by atoms with Gasteiger partial charge in [0.2, 0.25) is 0 Å². The summed E-state index contributed by atoms with van der Waals surface area (Å²) >= 11 is 0. The summed E-state index contributed by atoms with van der Waals surface area (Å²) in [6.45, 7) is 10.7. The van der Waals surface area contributed by atoms with E-state index >= 15 is 0 Å². The lowest BCUT2D eigenvalue weighted by Crippen LogP contribution is -2.44. The summed E-state index contributed by atoms with van der Waals surface area (Å²) in [6, 6.07) is 0. The van der Waals surface area contributed by atoms with Gasteiger partial charge < -0.3 is 10.5 Å². The van der Waals surface area contributed by atoms with Crippen LogP contribution in [0.4, 0.5) is 0 Å². The molecule has 2 nitrogen and oxygen atoms in total. The van der Waals surface area contributed by atoms with Gasteiger partial charge in [-0.15, -0.1) is 0 Å². The Balaban J connectivity index is 2.38. The van der Waals surface area contributed by atoms with Gasteiger partial charge in [-0.3, -0.25) is 0 Å². The van der Waals surface area contributed by atoms with E-state index in [1.807, 2.05) is 0 Å². The van der Waals surface area contributed by atoms with Gasteiger partial charge in [-0.05, 0) is 49.9 Å². The zero-order chi connectivity index (χ0) is 12.9. The Labute approximate surface area is 107 Å². The van der Waals surface area contributed by atoms with E-state index in [-0.39, 0.29) is 5.60 Å². The summed E-state index contributed by atoms with van der Waals surface area (Å²) in [5, 5.41) is 0. The molecule has 0 spiro atoms. The van der Waals surface area contributed by atoms with Crippen molar-refractivity contribution in [1.29, 1.82) is 0 Å². The molecule has 0 radical (unpaired) electrons. The first-order valence-corrected chi connectivity index (χ1v) is 7.33. The molecular formula is C15H31NO. The lowest BCUT2D eigenvalue weighted by Gasteiger charge is -2.40. The number of hydrogen-bond donors (Lipinski definition) is 1. The number of nitrogens with two attached hydrogens (primary N) is 1. The van der Waals surface area contributed by atoms with Gasteiger partial charge >= 0.3 is 0 Å². The highest BCUT2D eigenvalue weighted by atomic mass is 16.5. The second-order valence-electron chi connectivity index (χ2n) is 6.50. The first-order chi connectivity index (χ1) is 7.99. The van der Waals surface area contributed by atoms with Crippen LogP contribution < -0.4 is 5.73 Å². The topological polar surface area (TPSA) is 35.2 Å². The van der Waals surface area contributed by atoms with E-state index in [1.54, 1.807) is 0 Å². The average Bonchev–Trinajstić information content (AvgIpc) is 2.29. The Hall–Kier alpha value is -0.0800. The predicted octanol–water partition coefficient (Wildman–Crippen LogP) is 3.59. The Morgan fingerprint density at radius 1 is 1.18 bits per heavy atom. The maximum Gasteiger partial charge on any atom is 0.0804 e. The van der Waals surface area contributed by atoms with Gasteiger partial charge in [0, 0.05) is 13.2 Å². The Morgan fingerprint density at radius 2 is 1.76 bits per heavy atom. The van der Waals surface area contributed by atoms with Crippen molar-refractivity contribution < 1.29 is 4.74 Å². The van der Waals surface area contributed by atoms with E-state index in [9.17, 15) is 0 Å².